The minimum absolute atomic E-state index is 0.322. The van der Waals surface area contributed by atoms with Crippen molar-refractivity contribution in [2.75, 3.05) is 31.5 Å². The fraction of sp³-hybridized carbons (Fsp3) is 0.650. The Kier molecular flexibility index (Phi) is 6.32. The number of hydrogen-bond acceptors (Lipinski definition) is 3. The normalized spacial score (nSPS) is 24.8. The molecule has 1 heterocycles. The molecule has 0 bridgehead atoms. The zero-order valence-electron chi connectivity index (χ0n) is 15.6. The molecule has 0 amide bonds. The molecule has 0 spiro atoms. The molecule has 138 valence electrons. The smallest absolute Gasteiger partial charge is 0.193 e. The molecule has 5 nitrogen and oxygen atoms in total. The number of fused-ring (bicyclic) bond motifs is 1. The van der Waals surface area contributed by atoms with Crippen LogP contribution >= 0.6 is 0 Å². The molecule has 25 heavy (non-hydrogen) atoms. The highest BCUT2D eigenvalue weighted by molar-refractivity contribution is 5.93. The van der Waals surface area contributed by atoms with E-state index in [1.807, 2.05) is 0 Å². The third-order valence-corrected chi connectivity index (χ3v) is 5.07. The summed E-state index contributed by atoms with van der Waals surface area (Å²) in [7, 11) is 0. The molecule has 3 N–H and O–H groups in total. The molecule has 1 aliphatic carbocycles. The molecule has 0 aromatic heterocycles. The molecule has 2 aliphatic rings. The van der Waals surface area contributed by atoms with Crippen molar-refractivity contribution in [2.24, 2.45) is 10.7 Å². The van der Waals surface area contributed by atoms with Crippen LogP contribution in [0.1, 0.15) is 44.2 Å². The number of morpholine rings is 1. The highest BCUT2D eigenvalue weighted by atomic mass is 16.5. The van der Waals surface area contributed by atoms with Crippen molar-refractivity contribution in [1.82, 2.24) is 4.90 Å². The summed E-state index contributed by atoms with van der Waals surface area (Å²) in [5, 5.41) is 3.32. The maximum atomic E-state index is 6.11. The molecular formula is C20H32N4O. The van der Waals surface area contributed by atoms with Crippen molar-refractivity contribution in [3.05, 3.63) is 29.3 Å². The summed E-state index contributed by atoms with van der Waals surface area (Å²) >= 11 is 0. The number of nitrogens with two attached hydrogens (primary N) is 1. The fourth-order valence-electron chi connectivity index (χ4n) is 4.04. The number of nitrogens with zero attached hydrogens (tertiary/aromatic N) is 2. The van der Waals surface area contributed by atoms with Crippen LogP contribution in [0.4, 0.5) is 5.69 Å². The van der Waals surface area contributed by atoms with E-state index in [0.717, 1.165) is 44.7 Å². The predicted octanol–water partition coefficient (Wildman–Crippen LogP) is 2.79. The molecule has 1 aromatic rings. The second-order valence-corrected chi connectivity index (χ2v) is 7.41. The first-order chi connectivity index (χ1) is 12.1. The highest BCUT2D eigenvalue weighted by Gasteiger charge is 2.21. The third kappa shape index (κ3) is 5.19. The lowest BCUT2D eigenvalue weighted by Crippen LogP contribution is -2.45. The van der Waals surface area contributed by atoms with Gasteiger partial charge in [-0.05, 0) is 63.1 Å². The molecular weight excluding hydrogens is 312 g/mol. The van der Waals surface area contributed by atoms with E-state index in [4.69, 9.17) is 10.5 Å². The van der Waals surface area contributed by atoms with E-state index in [-0.39, 0.29) is 0 Å². The largest absolute Gasteiger partial charge is 0.373 e. The minimum Gasteiger partial charge on any atom is -0.373 e. The number of hydrogen-bond donors (Lipinski definition) is 2. The van der Waals surface area contributed by atoms with E-state index >= 15 is 0 Å². The molecule has 1 aromatic carbocycles. The van der Waals surface area contributed by atoms with Crippen LogP contribution in [-0.4, -0.2) is 49.2 Å². The van der Waals surface area contributed by atoms with Crippen molar-refractivity contribution in [1.29, 1.82) is 0 Å². The van der Waals surface area contributed by atoms with Crippen LogP contribution in [0.25, 0.3) is 0 Å². The maximum Gasteiger partial charge on any atom is 0.193 e. The SMILES string of the molecule is CC1CN(CCCN=C(N)Nc2cccc3c2CCCC3)CC(C)O1. The van der Waals surface area contributed by atoms with E-state index in [1.54, 1.807) is 0 Å². The summed E-state index contributed by atoms with van der Waals surface area (Å²) in [6.45, 7) is 8.12. The lowest BCUT2D eigenvalue weighted by molar-refractivity contribution is -0.0679. The van der Waals surface area contributed by atoms with Gasteiger partial charge in [0.2, 0.25) is 0 Å². The first-order valence-electron chi connectivity index (χ1n) is 9.67. The van der Waals surface area contributed by atoms with Gasteiger partial charge in [0.15, 0.2) is 5.96 Å². The molecule has 5 heteroatoms. The third-order valence-electron chi connectivity index (χ3n) is 5.07. The van der Waals surface area contributed by atoms with Gasteiger partial charge in [0.1, 0.15) is 0 Å². The summed E-state index contributed by atoms with van der Waals surface area (Å²) in [6, 6.07) is 6.46. The zero-order valence-corrected chi connectivity index (χ0v) is 15.6. The van der Waals surface area contributed by atoms with Gasteiger partial charge in [0.25, 0.3) is 0 Å². The Labute approximate surface area is 151 Å². The number of anilines is 1. The van der Waals surface area contributed by atoms with E-state index in [9.17, 15) is 0 Å². The Morgan fingerprint density at radius 1 is 1.24 bits per heavy atom. The molecule has 2 unspecified atom stereocenters. The van der Waals surface area contributed by atoms with Gasteiger partial charge in [0.05, 0.1) is 12.2 Å². The second-order valence-electron chi connectivity index (χ2n) is 7.41. The first kappa shape index (κ1) is 18.2. The van der Waals surface area contributed by atoms with Gasteiger partial charge < -0.3 is 15.8 Å². The molecule has 1 saturated heterocycles. The van der Waals surface area contributed by atoms with Gasteiger partial charge in [-0.1, -0.05) is 12.1 Å². The number of aryl methyl sites for hydroxylation is 1. The van der Waals surface area contributed by atoms with Crippen LogP contribution in [0.2, 0.25) is 0 Å². The number of ether oxygens (including phenoxy) is 1. The Balaban J connectivity index is 1.46. The van der Waals surface area contributed by atoms with Crippen LogP contribution in [-0.2, 0) is 17.6 Å². The molecule has 1 fully saturated rings. The molecule has 0 saturated carbocycles. The lowest BCUT2D eigenvalue weighted by Gasteiger charge is -2.35. The van der Waals surface area contributed by atoms with Crippen molar-refractivity contribution >= 4 is 11.6 Å². The number of aliphatic imine (C=N–C) groups is 1. The Morgan fingerprint density at radius 2 is 2.00 bits per heavy atom. The van der Waals surface area contributed by atoms with Crippen LogP contribution in [0, 0.1) is 0 Å². The molecule has 3 rings (SSSR count). The monoisotopic (exact) mass is 344 g/mol. The minimum atomic E-state index is 0.322. The van der Waals surface area contributed by atoms with E-state index in [2.05, 4.69) is 47.3 Å². The number of nitrogens with one attached hydrogen (secondary N) is 1. The van der Waals surface area contributed by atoms with Gasteiger partial charge in [-0.15, -0.1) is 0 Å². The van der Waals surface area contributed by atoms with Gasteiger partial charge >= 0.3 is 0 Å². The Bertz CT molecular complexity index is 591. The summed E-state index contributed by atoms with van der Waals surface area (Å²) < 4.78 is 5.77. The highest BCUT2D eigenvalue weighted by Crippen LogP contribution is 2.27. The Hall–Kier alpha value is -1.59. The standard InChI is InChI=1S/C20H32N4O/c1-15-13-24(14-16(2)25-15)12-6-11-22-20(21)23-19-10-5-8-17-7-3-4-9-18(17)19/h5,8,10,15-16H,3-4,6-7,9,11-14H2,1-2H3,(H3,21,22,23). The summed E-state index contributed by atoms with van der Waals surface area (Å²) in [6.07, 6.45) is 6.54. The topological polar surface area (TPSA) is 62.9 Å². The quantitative estimate of drug-likeness (QED) is 0.490. The molecule has 1 aliphatic heterocycles. The van der Waals surface area contributed by atoms with Crippen molar-refractivity contribution in [3.63, 3.8) is 0 Å². The van der Waals surface area contributed by atoms with Crippen LogP contribution < -0.4 is 11.1 Å². The van der Waals surface area contributed by atoms with Gasteiger partial charge in [-0.2, -0.15) is 0 Å². The van der Waals surface area contributed by atoms with Gasteiger partial charge in [0, 0.05) is 31.9 Å². The second kappa shape index (κ2) is 8.68. The average Bonchev–Trinajstić information content (AvgIpc) is 2.58. The first-order valence-corrected chi connectivity index (χ1v) is 9.67. The lowest BCUT2D eigenvalue weighted by atomic mass is 9.90. The average molecular weight is 345 g/mol. The summed E-state index contributed by atoms with van der Waals surface area (Å²) in [5.41, 5.74) is 10.1. The summed E-state index contributed by atoms with van der Waals surface area (Å²) in [5.74, 6) is 0.530. The van der Waals surface area contributed by atoms with Crippen LogP contribution in [0.15, 0.2) is 23.2 Å². The molecule has 2 atom stereocenters. The van der Waals surface area contributed by atoms with Gasteiger partial charge in [-0.25, -0.2) is 0 Å². The van der Waals surface area contributed by atoms with E-state index in [1.165, 1.54) is 30.4 Å². The number of rotatable bonds is 5. The summed E-state index contributed by atoms with van der Waals surface area (Å²) in [4.78, 5) is 6.98. The number of guanidine groups is 1. The van der Waals surface area contributed by atoms with Crippen molar-refractivity contribution in [3.8, 4) is 0 Å². The van der Waals surface area contributed by atoms with Crippen molar-refractivity contribution < 1.29 is 4.74 Å². The zero-order chi connectivity index (χ0) is 17.6. The number of benzene rings is 1. The maximum absolute atomic E-state index is 6.11. The van der Waals surface area contributed by atoms with Crippen LogP contribution in [0.3, 0.4) is 0 Å². The van der Waals surface area contributed by atoms with Crippen LogP contribution in [0.5, 0.6) is 0 Å². The Morgan fingerprint density at radius 3 is 2.80 bits per heavy atom. The van der Waals surface area contributed by atoms with E-state index in [0.29, 0.717) is 18.2 Å². The fourth-order valence-corrected chi connectivity index (χ4v) is 4.04. The van der Waals surface area contributed by atoms with E-state index < -0.39 is 0 Å². The predicted molar refractivity (Wildman–Crippen MR) is 104 cm³/mol. The van der Waals surface area contributed by atoms with Crippen molar-refractivity contribution in [2.45, 2.75) is 58.2 Å². The van der Waals surface area contributed by atoms with Gasteiger partial charge in [-0.3, -0.25) is 9.89 Å². The molecule has 0 radical (unpaired) electrons.